The molecule has 0 unspecified atom stereocenters. The topological polar surface area (TPSA) is 32.3 Å². The minimum atomic E-state index is -0.437. The Hall–Kier alpha value is -1.23. The van der Waals surface area contributed by atoms with E-state index in [-0.39, 0.29) is 11.7 Å². The Bertz CT molecular complexity index is 475. The van der Waals surface area contributed by atoms with Crippen LogP contribution in [0.25, 0.3) is 0 Å². The molecule has 20 heavy (non-hydrogen) atoms. The van der Waals surface area contributed by atoms with Gasteiger partial charge in [-0.2, -0.15) is 0 Å². The number of carbonyl (C=O) groups excluding carboxylic acids is 1. The lowest BCUT2D eigenvalue weighted by Gasteiger charge is -2.24. The van der Waals surface area contributed by atoms with Crippen molar-refractivity contribution >= 4 is 24.3 Å². The summed E-state index contributed by atoms with van der Waals surface area (Å²) in [6.07, 6.45) is 6.13. The molecule has 1 aromatic carbocycles. The molecule has 1 N–H and O–H groups in total. The van der Waals surface area contributed by atoms with Gasteiger partial charge in [0, 0.05) is 18.5 Å². The van der Waals surface area contributed by atoms with Crippen molar-refractivity contribution in [2.75, 3.05) is 18.5 Å². The molecule has 0 atom stereocenters. The van der Waals surface area contributed by atoms with E-state index in [9.17, 15) is 9.18 Å². The third kappa shape index (κ3) is 3.88. The minimum absolute atomic E-state index is 0.263. The first-order valence-electron chi connectivity index (χ1n) is 7.08. The second-order valence-corrected chi connectivity index (χ2v) is 5.90. The summed E-state index contributed by atoms with van der Waals surface area (Å²) >= 11 is 4.07. The van der Waals surface area contributed by atoms with E-state index in [0.29, 0.717) is 17.4 Å². The molecule has 1 aliphatic carbocycles. The maximum absolute atomic E-state index is 13.8. The fraction of sp³-hybridized carbons (Fsp3) is 0.533. The van der Waals surface area contributed by atoms with E-state index >= 15 is 0 Å². The van der Waals surface area contributed by atoms with Crippen LogP contribution in [0.1, 0.15) is 32.1 Å². The van der Waals surface area contributed by atoms with Crippen molar-refractivity contribution in [2.45, 2.75) is 37.0 Å². The van der Waals surface area contributed by atoms with Crippen molar-refractivity contribution in [3.05, 3.63) is 24.0 Å². The maximum atomic E-state index is 13.8. The number of carbonyl (C=O) groups is 1. The lowest BCUT2D eigenvalue weighted by molar-refractivity contribution is 0.242. The molecule has 2 amide bonds. The van der Waals surface area contributed by atoms with Crippen LogP contribution in [0.2, 0.25) is 0 Å². The standard InChI is InChI=1S/C15H21FN2OS/c1-18(14-8-7-12(20)9-13(14)16)15(19)17-10-11-5-3-2-4-6-11/h7-9,11,20H,2-6,10H2,1H3,(H,17,19). The van der Waals surface area contributed by atoms with Gasteiger partial charge in [-0.1, -0.05) is 19.3 Å². The van der Waals surface area contributed by atoms with Gasteiger partial charge in [0.25, 0.3) is 0 Å². The van der Waals surface area contributed by atoms with Crippen molar-refractivity contribution in [3.8, 4) is 0 Å². The van der Waals surface area contributed by atoms with Crippen molar-refractivity contribution in [2.24, 2.45) is 5.92 Å². The number of rotatable bonds is 3. The highest BCUT2D eigenvalue weighted by Gasteiger charge is 2.18. The first-order valence-corrected chi connectivity index (χ1v) is 7.52. The SMILES string of the molecule is CN(C(=O)NCC1CCCCC1)c1ccc(S)cc1F. The monoisotopic (exact) mass is 296 g/mol. The Balaban J connectivity index is 1.90. The third-order valence-electron chi connectivity index (χ3n) is 3.86. The number of nitrogens with one attached hydrogen (secondary N) is 1. The molecule has 1 fully saturated rings. The Morgan fingerprint density at radius 3 is 2.75 bits per heavy atom. The van der Waals surface area contributed by atoms with E-state index in [2.05, 4.69) is 17.9 Å². The van der Waals surface area contributed by atoms with E-state index in [4.69, 9.17) is 0 Å². The fourth-order valence-corrected chi connectivity index (χ4v) is 2.81. The van der Waals surface area contributed by atoms with Crippen molar-refractivity contribution in [3.63, 3.8) is 0 Å². The molecule has 0 radical (unpaired) electrons. The van der Waals surface area contributed by atoms with Gasteiger partial charge < -0.3 is 5.32 Å². The van der Waals surface area contributed by atoms with E-state index in [1.807, 2.05) is 0 Å². The van der Waals surface area contributed by atoms with Crippen molar-refractivity contribution < 1.29 is 9.18 Å². The molecule has 0 aliphatic heterocycles. The summed E-state index contributed by atoms with van der Waals surface area (Å²) in [6, 6.07) is 4.29. The van der Waals surface area contributed by atoms with Gasteiger partial charge in [-0.15, -0.1) is 12.6 Å². The molecule has 0 heterocycles. The number of hydrogen-bond donors (Lipinski definition) is 2. The van der Waals surface area contributed by atoms with Gasteiger partial charge >= 0.3 is 6.03 Å². The highest BCUT2D eigenvalue weighted by atomic mass is 32.1. The van der Waals surface area contributed by atoms with Crippen LogP contribution in [0, 0.1) is 11.7 Å². The zero-order valence-corrected chi connectivity index (χ0v) is 12.6. The van der Waals surface area contributed by atoms with Crippen LogP contribution >= 0.6 is 12.6 Å². The van der Waals surface area contributed by atoms with Crippen molar-refractivity contribution in [1.29, 1.82) is 0 Å². The van der Waals surface area contributed by atoms with Gasteiger partial charge in [-0.3, -0.25) is 4.90 Å². The summed E-state index contributed by atoms with van der Waals surface area (Å²) in [4.78, 5) is 13.9. The molecule has 0 saturated heterocycles. The lowest BCUT2D eigenvalue weighted by Crippen LogP contribution is -2.40. The Kier molecular flexibility index (Phi) is 5.29. The molecular formula is C15H21FN2OS. The molecule has 1 saturated carbocycles. The Labute approximate surface area is 125 Å². The van der Waals surface area contributed by atoms with E-state index in [1.165, 1.54) is 43.1 Å². The fourth-order valence-electron chi connectivity index (χ4n) is 2.62. The van der Waals surface area contributed by atoms with Gasteiger partial charge in [0.2, 0.25) is 0 Å². The second-order valence-electron chi connectivity index (χ2n) is 5.38. The summed E-state index contributed by atoms with van der Waals surface area (Å²) < 4.78 is 13.8. The molecule has 0 bridgehead atoms. The highest BCUT2D eigenvalue weighted by molar-refractivity contribution is 7.80. The minimum Gasteiger partial charge on any atom is -0.337 e. The van der Waals surface area contributed by atoms with Crippen LogP contribution in [0.15, 0.2) is 23.1 Å². The van der Waals surface area contributed by atoms with Gasteiger partial charge in [-0.05, 0) is 37.0 Å². The summed E-state index contributed by atoms with van der Waals surface area (Å²) in [5.41, 5.74) is 0.268. The molecule has 0 spiro atoms. The second kappa shape index (κ2) is 6.97. The van der Waals surface area contributed by atoms with Crippen LogP contribution < -0.4 is 10.2 Å². The number of hydrogen-bond acceptors (Lipinski definition) is 2. The largest absolute Gasteiger partial charge is 0.337 e. The molecule has 3 nitrogen and oxygen atoms in total. The average molecular weight is 296 g/mol. The van der Waals surface area contributed by atoms with Gasteiger partial charge in [0.05, 0.1) is 5.69 Å². The smallest absolute Gasteiger partial charge is 0.321 e. The summed E-state index contributed by atoms with van der Waals surface area (Å²) in [7, 11) is 1.58. The van der Waals surface area contributed by atoms with E-state index < -0.39 is 5.82 Å². The number of halogens is 1. The zero-order chi connectivity index (χ0) is 14.5. The summed E-state index contributed by atoms with van der Waals surface area (Å²) in [5.74, 6) is 0.124. The van der Waals surface area contributed by atoms with Gasteiger partial charge in [0.1, 0.15) is 5.82 Å². The van der Waals surface area contributed by atoms with Gasteiger partial charge in [-0.25, -0.2) is 9.18 Å². The van der Waals surface area contributed by atoms with Crippen LogP contribution in [0.4, 0.5) is 14.9 Å². The summed E-state index contributed by atoms with van der Waals surface area (Å²) in [6.45, 7) is 0.676. The number of amides is 2. The third-order valence-corrected chi connectivity index (χ3v) is 4.14. The number of anilines is 1. The van der Waals surface area contributed by atoms with Crippen LogP contribution in [-0.2, 0) is 0 Å². The molecular weight excluding hydrogens is 275 g/mol. The molecule has 0 aromatic heterocycles. The Morgan fingerprint density at radius 1 is 1.40 bits per heavy atom. The molecule has 110 valence electrons. The first-order chi connectivity index (χ1) is 9.58. The van der Waals surface area contributed by atoms with Crippen LogP contribution in [0.5, 0.6) is 0 Å². The quantitative estimate of drug-likeness (QED) is 0.816. The normalized spacial score (nSPS) is 15.9. The molecule has 2 rings (SSSR count). The molecule has 1 aliphatic rings. The Morgan fingerprint density at radius 2 is 2.10 bits per heavy atom. The first kappa shape index (κ1) is 15.2. The van der Waals surface area contributed by atoms with E-state index in [1.54, 1.807) is 19.2 Å². The number of thiol groups is 1. The summed E-state index contributed by atoms with van der Waals surface area (Å²) in [5, 5.41) is 2.89. The average Bonchev–Trinajstić information content (AvgIpc) is 2.45. The van der Waals surface area contributed by atoms with E-state index in [0.717, 1.165) is 0 Å². The zero-order valence-electron chi connectivity index (χ0n) is 11.7. The predicted octanol–water partition coefficient (Wildman–Crippen LogP) is 3.84. The number of nitrogens with zero attached hydrogens (tertiary/aromatic N) is 1. The molecule has 1 aromatic rings. The predicted molar refractivity (Wildman–Crippen MR) is 82.0 cm³/mol. The lowest BCUT2D eigenvalue weighted by atomic mass is 9.89. The molecule has 5 heteroatoms. The van der Waals surface area contributed by atoms with Crippen LogP contribution in [-0.4, -0.2) is 19.6 Å². The van der Waals surface area contributed by atoms with Crippen molar-refractivity contribution in [1.82, 2.24) is 5.32 Å². The van der Waals surface area contributed by atoms with Crippen LogP contribution in [0.3, 0.4) is 0 Å². The van der Waals surface area contributed by atoms with Gasteiger partial charge in [0.15, 0.2) is 0 Å². The maximum Gasteiger partial charge on any atom is 0.321 e. The highest BCUT2D eigenvalue weighted by Crippen LogP contribution is 2.23. The number of urea groups is 1. The number of benzene rings is 1.